The number of para-hydroxylation sites is 1. The van der Waals surface area contributed by atoms with Crippen molar-refractivity contribution in [3.8, 4) is 0 Å². The molecular weight excluding hydrogens is 268 g/mol. The fraction of sp³-hybridized carbons (Fsp3) is 0.500. The van der Waals surface area contributed by atoms with E-state index in [2.05, 4.69) is 23.4 Å². The average Bonchev–Trinajstić information content (AvgIpc) is 2.77. The summed E-state index contributed by atoms with van der Waals surface area (Å²) in [5.74, 6) is 0.170. The first-order chi connectivity index (χ1) is 9.91. The number of aromatic carboxylic acids is 1. The first-order valence-electron chi connectivity index (χ1n) is 7.25. The number of imidazole rings is 1. The molecule has 0 unspecified atom stereocenters. The number of ether oxygens (including phenoxy) is 1. The Kier molecular flexibility index (Phi) is 4.63. The molecule has 2 rings (SSSR count). The van der Waals surface area contributed by atoms with Crippen molar-refractivity contribution in [2.45, 2.75) is 46.3 Å². The molecule has 0 saturated heterocycles. The van der Waals surface area contributed by atoms with Crippen molar-refractivity contribution in [1.82, 2.24) is 9.55 Å². The molecule has 21 heavy (non-hydrogen) atoms. The summed E-state index contributed by atoms with van der Waals surface area (Å²) in [5.41, 5.74) is 1.65. The van der Waals surface area contributed by atoms with Crippen molar-refractivity contribution in [2.75, 3.05) is 6.61 Å². The maximum absolute atomic E-state index is 11.3. The van der Waals surface area contributed by atoms with E-state index in [-0.39, 0.29) is 17.6 Å². The Hall–Kier alpha value is -1.88. The highest BCUT2D eigenvalue weighted by Crippen LogP contribution is 2.24. The summed E-state index contributed by atoms with van der Waals surface area (Å²) in [6.07, 6.45) is 0.178. The topological polar surface area (TPSA) is 64.4 Å². The van der Waals surface area contributed by atoms with Gasteiger partial charge in [0.15, 0.2) is 0 Å². The molecule has 0 spiro atoms. The van der Waals surface area contributed by atoms with Crippen LogP contribution < -0.4 is 0 Å². The van der Waals surface area contributed by atoms with Crippen LogP contribution in [0, 0.1) is 0 Å². The van der Waals surface area contributed by atoms with Gasteiger partial charge in [0.2, 0.25) is 0 Å². The molecule has 1 aromatic carbocycles. The molecule has 5 heteroatoms. The number of carboxylic acids is 1. The predicted octanol–water partition coefficient (Wildman–Crippen LogP) is 3.28. The summed E-state index contributed by atoms with van der Waals surface area (Å²) in [4.78, 5) is 15.9. The second kappa shape index (κ2) is 6.26. The van der Waals surface area contributed by atoms with Crippen LogP contribution in [0.25, 0.3) is 11.0 Å². The highest BCUT2D eigenvalue weighted by Gasteiger charge is 2.18. The minimum Gasteiger partial charge on any atom is -0.478 e. The van der Waals surface area contributed by atoms with Gasteiger partial charge < -0.3 is 14.4 Å². The average molecular weight is 290 g/mol. The second-order valence-corrected chi connectivity index (χ2v) is 5.67. The minimum absolute atomic E-state index is 0.178. The highest BCUT2D eigenvalue weighted by atomic mass is 16.5. The molecule has 0 aliphatic rings. The molecule has 2 aromatic rings. The first-order valence-corrected chi connectivity index (χ1v) is 7.25. The summed E-state index contributed by atoms with van der Waals surface area (Å²) in [6.45, 7) is 9.37. The molecule has 1 heterocycles. The van der Waals surface area contributed by atoms with Gasteiger partial charge in [-0.25, -0.2) is 9.78 Å². The van der Waals surface area contributed by atoms with Crippen molar-refractivity contribution in [3.63, 3.8) is 0 Å². The molecule has 0 aliphatic heterocycles. The van der Waals surface area contributed by atoms with Crippen LogP contribution in [-0.4, -0.2) is 33.3 Å². The van der Waals surface area contributed by atoms with Crippen LogP contribution in [0.4, 0.5) is 0 Å². The molecule has 0 bridgehead atoms. The van der Waals surface area contributed by atoms with E-state index in [0.29, 0.717) is 18.7 Å². The molecule has 1 N–H and O–H groups in total. The van der Waals surface area contributed by atoms with Crippen LogP contribution in [0.1, 0.15) is 49.8 Å². The van der Waals surface area contributed by atoms with Crippen molar-refractivity contribution < 1.29 is 14.6 Å². The Morgan fingerprint density at radius 3 is 2.62 bits per heavy atom. The number of rotatable bonds is 6. The molecule has 5 nitrogen and oxygen atoms in total. The van der Waals surface area contributed by atoms with Gasteiger partial charge in [0, 0.05) is 12.5 Å². The molecule has 0 amide bonds. The highest BCUT2D eigenvalue weighted by molar-refractivity contribution is 6.01. The first kappa shape index (κ1) is 15.5. The Labute approximate surface area is 124 Å². The lowest BCUT2D eigenvalue weighted by Gasteiger charge is -2.13. The summed E-state index contributed by atoms with van der Waals surface area (Å²) in [5, 5.41) is 9.30. The Morgan fingerprint density at radius 1 is 1.33 bits per heavy atom. The van der Waals surface area contributed by atoms with Gasteiger partial charge in [-0.3, -0.25) is 0 Å². The lowest BCUT2D eigenvalue weighted by molar-refractivity contribution is 0.0698. The monoisotopic (exact) mass is 290 g/mol. The number of benzene rings is 1. The maximum atomic E-state index is 11.3. The number of carbonyl (C=O) groups is 1. The van der Waals surface area contributed by atoms with Gasteiger partial charge in [0.05, 0.1) is 23.8 Å². The molecule has 114 valence electrons. The van der Waals surface area contributed by atoms with Gasteiger partial charge in [0.1, 0.15) is 11.3 Å². The second-order valence-electron chi connectivity index (χ2n) is 5.67. The van der Waals surface area contributed by atoms with Crippen molar-refractivity contribution in [3.05, 3.63) is 29.6 Å². The third-order valence-electron chi connectivity index (χ3n) is 3.32. The third-order valence-corrected chi connectivity index (χ3v) is 3.32. The molecule has 0 atom stereocenters. The zero-order chi connectivity index (χ0) is 15.6. The van der Waals surface area contributed by atoms with E-state index in [0.717, 1.165) is 11.3 Å². The summed E-state index contributed by atoms with van der Waals surface area (Å²) in [7, 11) is 0. The number of nitrogens with zero attached hydrogens (tertiary/aromatic N) is 2. The molecular formula is C16H22N2O3. The van der Waals surface area contributed by atoms with E-state index in [4.69, 9.17) is 4.74 Å². The SMILES string of the molecule is CC(C)OCCn1c(C(C)C)nc2c(C(=O)O)cccc21. The van der Waals surface area contributed by atoms with Gasteiger partial charge in [-0.05, 0) is 26.0 Å². The van der Waals surface area contributed by atoms with Gasteiger partial charge in [-0.1, -0.05) is 19.9 Å². The van der Waals surface area contributed by atoms with Crippen molar-refractivity contribution >= 4 is 17.0 Å². The fourth-order valence-corrected chi connectivity index (χ4v) is 2.39. The maximum Gasteiger partial charge on any atom is 0.337 e. The number of aromatic nitrogens is 2. The lowest BCUT2D eigenvalue weighted by Crippen LogP contribution is -2.13. The van der Waals surface area contributed by atoms with Crippen LogP contribution in [0.3, 0.4) is 0 Å². The van der Waals surface area contributed by atoms with E-state index in [1.165, 1.54) is 0 Å². The number of fused-ring (bicyclic) bond motifs is 1. The zero-order valence-electron chi connectivity index (χ0n) is 13.0. The van der Waals surface area contributed by atoms with Crippen molar-refractivity contribution in [1.29, 1.82) is 0 Å². The Morgan fingerprint density at radius 2 is 2.05 bits per heavy atom. The van der Waals surface area contributed by atoms with Crippen molar-refractivity contribution in [2.24, 2.45) is 0 Å². The number of carboxylic acid groups (broad SMARTS) is 1. The van der Waals surface area contributed by atoms with Crippen LogP contribution >= 0.6 is 0 Å². The zero-order valence-corrected chi connectivity index (χ0v) is 13.0. The number of hydrogen-bond acceptors (Lipinski definition) is 3. The summed E-state index contributed by atoms with van der Waals surface area (Å²) in [6, 6.07) is 5.27. The van der Waals surface area contributed by atoms with Crippen LogP contribution in [0.15, 0.2) is 18.2 Å². The predicted molar refractivity (Wildman–Crippen MR) is 81.9 cm³/mol. The molecule has 0 aliphatic carbocycles. The van der Waals surface area contributed by atoms with Crippen LogP contribution in [-0.2, 0) is 11.3 Å². The van der Waals surface area contributed by atoms with Crippen LogP contribution in [0.2, 0.25) is 0 Å². The Balaban J connectivity index is 2.48. The van der Waals surface area contributed by atoms with E-state index < -0.39 is 5.97 Å². The van der Waals surface area contributed by atoms with E-state index in [9.17, 15) is 9.90 Å². The normalized spacial score (nSPS) is 11.7. The van der Waals surface area contributed by atoms with Gasteiger partial charge in [0.25, 0.3) is 0 Å². The summed E-state index contributed by atoms with van der Waals surface area (Å²) >= 11 is 0. The third kappa shape index (κ3) is 3.24. The molecule has 0 saturated carbocycles. The minimum atomic E-state index is -0.945. The quantitative estimate of drug-likeness (QED) is 0.886. The van der Waals surface area contributed by atoms with Gasteiger partial charge in [-0.15, -0.1) is 0 Å². The van der Waals surface area contributed by atoms with E-state index >= 15 is 0 Å². The smallest absolute Gasteiger partial charge is 0.337 e. The Bertz CT molecular complexity index is 644. The fourth-order valence-electron chi connectivity index (χ4n) is 2.39. The van der Waals surface area contributed by atoms with Crippen LogP contribution in [0.5, 0.6) is 0 Å². The lowest BCUT2D eigenvalue weighted by atomic mass is 10.2. The largest absolute Gasteiger partial charge is 0.478 e. The summed E-state index contributed by atoms with van der Waals surface area (Å²) < 4.78 is 7.68. The molecule has 0 radical (unpaired) electrons. The van der Waals surface area contributed by atoms with E-state index in [1.807, 2.05) is 19.9 Å². The van der Waals surface area contributed by atoms with Gasteiger partial charge in [-0.2, -0.15) is 0 Å². The van der Waals surface area contributed by atoms with Gasteiger partial charge >= 0.3 is 5.97 Å². The molecule has 1 aromatic heterocycles. The van der Waals surface area contributed by atoms with E-state index in [1.54, 1.807) is 12.1 Å². The molecule has 0 fully saturated rings. The standard InChI is InChI=1S/C16H22N2O3/c1-10(2)15-17-14-12(16(19)20)6-5-7-13(14)18(15)8-9-21-11(3)4/h5-7,10-11H,8-9H2,1-4H3,(H,19,20). The number of hydrogen-bond donors (Lipinski definition) is 1.